The summed E-state index contributed by atoms with van der Waals surface area (Å²) in [4.78, 5) is 17.7. The molecule has 7 heteroatoms. The molecule has 2 N–H and O–H groups in total. The van der Waals surface area contributed by atoms with Crippen molar-refractivity contribution in [3.05, 3.63) is 46.7 Å². The van der Waals surface area contributed by atoms with Gasteiger partial charge in [0.15, 0.2) is 0 Å². The van der Waals surface area contributed by atoms with Crippen molar-refractivity contribution in [2.75, 3.05) is 16.8 Å². The molecule has 2 aromatic rings. The van der Waals surface area contributed by atoms with Crippen LogP contribution in [0.15, 0.2) is 30.3 Å². The van der Waals surface area contributed by atoms with Crippen LogP contribution in [0, 0.1) is 5.82 Å². The third-order valence-electron chi connectivity index (χ3n) is 4.40. The van der Waals surface area contributed by atoms with Crippen LogP contribution in [-0.2, 0) is 0 Å². The summed E-state index contributed by atoms with van der Waals surface area (Å²) in [5.41, 5.74) is 0.0438. The van der Waals surface area contributed by atoms with Gasteiger partial charge in [0.1, 0.15) is 17.5 Å². The zero-order valence-corrected chi connectivity index (χ0v) is 14.6. The van der Waals surface area contributed by atoms with Crippen LogP contribution in [0.5, 0.6) is 0 Å². The van der Waals surface area contributed by atoms with E-state index in [2.05, 4.69) is 22.1 Å². The predicted octanol–water partition coefficient (Wildman–Crippen LogP) is 4.69. The highest BCUT2D eigenvalue weighted by Gasteiger charge is 2.25. The molecule has 1 aromatic carbocycles. The van der Waals surface area contributed by atoms with Crippen molar-refractivity contribution in [2.24, 2.45) is 0 Å². The highest BCUT2D eigenvalue weighted by molar-refractivity contribution is 6.31. The molecule has 1 aliphatic rings. The van der Waals surface area contributed by atoms with Crippen molar-refractivity contribution < 1.29 is 14.3 Å². The van der Waals surface area contributed by atoms with E-state index in [1.165, 1.54) is 18.6 Å². The van der Waals surface area contributed by atoms with E-state index in [0.29, 0.717) is 22.6 Å². The topological polar surface area (TPSA) is 65.5 Å². The van der Waals surface area contributed by atoms with Crippen LogP contribution >= 0.6 is 11.6 Å². The Morgan fingerprint density at radius 2 is 2.16 bits per heavy atom. The maximum atomic E-state index is 13.8. The molecule has 3 rings (SSSR count). The van der Waals surface area contributed by atoms with E-state index in [-0.39, 0.29) is 5.56 Å². The van der Waals surface area contributed by atoms with E-state index in [1.807, 2.05) is 6.07 Å². The van der Waals surface area contributed by atoms with Gasteiger partial charge in [0.05, 0.1) is 5.56 Å². The fourth-order valence-electron chi connectivity index (χ4n) is 2.91. The SMILES string of the molecule is CCN(c1cc(Cl)cc(Nc2ccc(C(=O)O)c(F)c2)n1)C1CCC1. The number of hydrogen-bond donors (Lipinski definition) is 2. The summed E-state index contributed by atoms with van der Waals surface area (Å²) < 4.78 is 13.8. The minimum Gasteiger partial charge on any atom is -0.478 e. The minimum atomic E-state index is -1.30. The number of carboxylic acids is 1. The summed E-state index contributed by atoms with van der Waals surface area (Å²) in [6.45, 7) is 2.91. The summed E-state index contributed by atoms with van der Waals surface area (Å²) in [6, 6.07) is 7.81. The number of aromatic nitrogens is 1. The van der Waals surface area contributed by atoms with Crippen molar-refractivity contribution >= 4 is 34.9 Å². The molecule has 1 heterocycles. The van der Waals surface area contributed by atoms with E-state index in [4.69, 9.17) is 16.7 Å². The van der Waals surface area contributed by atoms with Crippen LogP contribution in [0.3, 0.4) is 0 Å². The molecular formula is C18H19ClFN3O2. The molecule has 1 saturated carbocycles. The van der Waals surface area contributed by atoms with Gasteiger partial charge in [-0.15, -0.1) is 0 Å². The summed E-state index contributed by atoms with van der Waals surface area (Å²) in [5, 5.41) is 12.4. The Morgan fingerprint density at radius 3 is 2.72 bits per heavy atom. The van der Waals surface area contributed by atoms with Crippen LogP contribution in [0.25, 0.3) is 0 Å². The van der Waals surface area contributed by atoms with Gasteiger partial charge in [0.2, 0.25) is 0 Å². The Labute approximate surface area is 150 Å². The zero-order chi connectivity index (χ0) is 18.0. The second-order valence-electron chi connectivity index (χ2n) is 6.02. The number of anilines is 3. The van der Waals surface area contributed by atoms with Gasteiger partial charge in [0, 0.05) is 23.3 Å². The largest absolute Gasteiger partial charge is 0.478 e. The molecule has 1 fully saturated rings. The summed E-state index contributed by atoms with van der Waals surface area (Å²) in [5.74, 6) is -0.830. The Morgan fingerprint density at radius 1 is 1.40 bits per heavy atom. The molecule has 0 spiro atoms. The normalized spacial score (nSPS) is 14.0. The predicted molar refractivity (Wildman–Crippen MR) is 96.5 cm³/mol. The Balaban J connectivity index is 1.85. The fourth-order valence-corrected chi connectivity index (χ4v) is 3.12. The monoisotopic (exact) mass is 363 g/mol. The highest BCUT2D eigenvalue weighted by Crippen LogP contribution is 2.31. The molecule has 0 amide bonds. The van der Waals surface area contributed by atoms with Crippen LogP contribution in [0.1, 0.15) is 36.5 Å². The fraction of sp³-hybridized carbons (Fsp3) is 0.333. The van der Waals surface area contributed by atoms with Crippen LogP contribution in [0.2, 0.25) is 5.02 Å². The van der Waals surface area contributed by atoms with E-state index >= 15 is 0 Å². The average molecular weight is 364 g/mol. The van der Waals surface area contributed by atoms with Gasteiger partial charge >= 0.3 is 5.97 Å². The number of halogens is 2. The lowest BCUT2D eigenvalue weighted by Gasteiger charge is -2.38. The number of nitrogens with zero attached hydrogens (tertiary/aromatic N) is 2. The molecule has 0 unspecified atom stereocenters. The Hall–Kier alpha value is -2.34. The van der Waals surface area contributed by atoms with Crippen LogP contribution in [0.4, 0.5) is 21.7 Å². The number of carboxylic acid groups (broad SMARTS) is 1. The molecule has 0 saturated heterocycles. The molecular weight excluding hydrogens is 345 g/mol. The maximum Gasteiger partial charge on any atom is 0.338 e. The molecule has 0 bridgehead atoms. The van der Waals surface area contributed by atoms with Gasteiger partial charge in [0.25, 0.3) is 0 Å². The van der Waals surface area contributed by atoms with E-state index in [1.54, 1.807) is 6.07 Å². The molecule has 5 nitrogen and oxygen atoms in total. The summed E-state index contributed by atoms with van der Waals surface area (Å²) in [6.07, 6.45) is 3.52. The third-order valence-corrected chi connectivity index (χ3v) is 4.62. The lowest BCUT2D eigenvalue weighted by molar-refractivity contribution is 0.0692. The minimum absolute atomic E-state index is 0.368. The first-order chi connectivity index (χ1) is 12.0. The lowest BCUT2D eigenvalue weighted by Crippen LogP contribution is -2.40. The van der Waals surface area contributed by atoms with Crippen LogP contribution < -0.4 is 10.2 Å². The van der Waals surface area contributed by atoms with Gasteiger partial charge in [-0.25, -0.2) is 14.2 Å². The van der Waals surface area contributed by atoms with Crippen molar-refractivity contribution in [2.45, 2.75) is 32.2 Å². The Kier molecular flexibility index (Phi) is 5.08. The number of pyridine rings is 1. The van der Waals surface area contributed by atoms with Crippen molar-refractivity contribution in [1.82, 2.24) is 4.98 Å². The Bertz CT molecular complexity index is 796. The van der Waals surface area contributed by atoms with Crippen molar-refractivity contribution in [3.8, 4) is 0 Å². The molecule has 0 aliphatic heterocycles. The zero-order valence-electron chi connectivity index (χ0n) is 13.8. The number of carbonyl (C=O) groups is 1. The first-order valence-corrected chi connectivity index (χ1v) is 8.60. The first-order valence-electron chi connectivity index (χ1n) is 8.22. The van der Waals surface area contributed by atoms with E-state index in [9.17, 15) is 9.18 Å². The smallest absolute Gasteiger partial charge is 0.338 e. The quantitative estimate of drug-likeness (QED) is 0.779. The maximum absolute atomic E-state index is 13.8. The number of rotatable bonds is 6. The summed E-state index contributed by atoms with van der Waals surface area (Å²) >= 11 is 6.22. The number of hydrogen-bond acceptors (Lipinski definition) is 4. The molecule has 0 atom stereocenters. The van der Waals surface area contributed by atoms with Gasteiger partial charge in [-0.1, -0.05) is 11.6 Å². The van der Waals surface area contributed by atoms with Crippen LogP contribution in [-0.4, -0.2) is 28.6 Å². The molecule has 1 aliphatic carbocycles. The van der Waals surface area contributed by atoms with Gasteiger partial charge < -0.3 is 15.3 Å². The number of benzene rings is 1. The second-order valence-corrected chi connectivity index (χ2v) is 6.46. The standard InChI is InChI=1S/C18H19ClFN3O2/c1-2-23(13-4-3-5-13)17-9-11(19)8-16(22-17)21-12-6-7-14(18(24)25)15(20)10-12/h6-10,13H,2-5H2,1H3,(H,21,22)(H,24,25). The third kappa shape index (κ3) is 3.85. The van der Waals surface area contributed by atoms with Gasteiger partial charge in [-0.05, 0) is 56.5 Å². The van der Waals surface area contributed by atoms with Crippen molar-refractivity contribution in [3.63, 3.8) is 0 Å². The molecule has 132 valence electrons. The first kappa shape index (κ1) is 17.5. The number of nitrogens with one attached hydrogen (secondary N) is 1. The van der Waals surface area contributed by atoms with Gasteiger partial charge in [-0.2, -0.15) is 0 Å². The van der Waals surface area contributed by atoms with Crippen molar-refractivity contribution in [1.29, 1.82) is 0 Å². The van der Waals surface area contributed by atoms with Gasteiger partial charge in [-0.3, -0.25) is 0 Å². The molecule has 25 heavy (non-hydrogen) atoms. The number of aromatic carboxylic acids is 1. The highest BCUT2D eigenvalue weighted by atomic mass is 35.5. The molecule has 0 radical (unpaired) electrons. The van der Waals surface area contributed by atoms with E-state index < -0.39 is 11.8 Å². The molecule has 1 aromatic heterocycles. The van der Waals surface area contributed by atoms with E-state index in [0.717, 1.165) is 31.3 Å². The second kappa shape index (κ2) is 7.27. The lowest BCUT2D eigenvalue weighted by atomic mass is 9.91. The summed E-state index contributed by atoms with van der Waals surface area (Å²) in [7, 11) is 0. The average Bonchev–Trinajstić information content (AvgIpc) is 2.49.